The summed E-state index contributed by atoms with van der Waals surface area (Å²) in [5.74, 6) is 0.769. The van der Waals surface area contributed by atoms with Crippen molar-refractivity contribution in [3.8, 4) is 11.5 Å². The zero-order valence-electron chi connectivity index (χ0n) is 10.2. The second-order valence-electron chi connectivity index (χ2n) is 4.24. The Kier molecular flexibility index (Phi) is 4.11. The third-order valence-corrected chi connectivity index (χ3v) is 3.55. The summed E-state index contributed by atoms with van der Waals surface area (Å²) in [5.41, 5.74) is 2.14. The van der Waals surface area contributed by atoms with Crippen molar-refractivity contribution in [2.24, 2.45) is 0 Å². The van der Waals surface area contributed by atoms with Gasteiger partial charge in [0.1, 0.15) is 13.2 Å². The first-order chi connectivity index (χ1) is 8.59. The first kappa shape index (κ1) is 13.2. The van der Waals surface area contributed by atoms with Gasteiger partial charge in [0.05, 0.1) is 4.47 Å². The summed E-state index contributed by atoms with van der Waals surface area (Å²) in [6.45, 7) is 3.10. The lowest BCUT2D eigenvalue weighted by atomic mass is 10.0. The molecule has 0 aliphatic carbocycles. The Morgan fingerprint density at radius 3 is 2.72 bits per heavy atom. The highest BCUT2D eigenvalue weighted by Crippen LogP contribution is 2.42. The number of carboxylic acids is 1. The number of ether oxygens (including phenoxy) is 2. The predicted octanol–water partition coefficient (Wildman–Crippen LogP) is 2.94. The number of halogens is 1. The molecule has 0 unspecified atom stereocenters. The zero-order chi connectivity index (χ0) is 13.1. The Bertz CT molecular complexity index is 471. The summed E-state index contributed by atoms with van der Waals surface area (Å²) < 4.78 is 12.1. The average Bonchev–Trinajstić information content (AvgIpc) is 2.35. The van der Waals surface area contributed by atoms with Gasteiger partial charge >= 0.3 is 5.97 Å². The number of hydrogen-bond donors (Lipinski definition) is 1. The van der Waals surface area contributed by atoms with Gasteiger partial charge in [-0.1, -0.05) is 0 Å². The lowest BCUT2D eigenvalue weighted by molar-refractivity contribution is -0.137. The smallest absolute Gasteiger partial charge is 0.303 e. The molecule has 0 amide bonds. The van der Waals surface area contributed by atoms with Gasteiger partial charge in [-0.3, -0.25) is 4.79 Å². The van der Waals surface area contributed by atoms with Crippen LogP contribution in [0.2, 0.25) is 0 Å². The van der Waals surface area contributed by atoms with Crippen LogP contribution in [0.1, 0.15) is 24.0 Å². The summed E-state index contributed by atoms with van der Waals surface area (Å²) in [6, 6.07) is 1.99. The van der Waals surface area contributed by atoms with E-state index in [9.17, 15) is 4.79 Å². The molecule has 0 atom stereocenters. The van der Waals surface area contributed by atoms with Gasteiger partial charge in [-0.2, -0.15) is 0 Å². The second-order valence-corrected chi connectivity index (χ2v) is 5.10. The molecular weight excluding hydrogens is 300 g/mol. The van der Waals surface area contributed by atoms with Crippen molar-refractivity contribution in [3.63, 3.8) is 0 Å². The molecule has 0 aromatic heterocycles. The average molecular weight is 315 g/mol. The van der Waals surface area contributed by atoms with Crippen LogP contribution in [0.25, 0.3) is 0 Å². The minimum absolute atomic E-state index is 0.186. The van der Waals surface area contributed by atoms with E-state index in [1.54, 1.807) is 0 Å². The van der Waals surface area contributed by atoms with Crippen molar-refractivity contribution < 1.29 is 19.4 Å². The van der Waals surface area contributed by atoms with E-state index in [0.717, 1.165) is 33.5 Å². The Morgan fingerprint density at radius 2 is 2.06 bits per heavy atom. The molecule has 18 heavy (non-hydrogen) atoms. The fraction of sp³-hybridized carbons (Fsp3) is 0.462. The van der Waals surface area contributed by atoms with Gasteiger partial charge in [-0.15, -0.1) is 0 Å². The van der Waals surface area contributed by atoms with E-state index in [4.69, 9.17) is 14.6 Å². The van der Waals surface area contributed by atoms with Crippen LogP contribution < -0.4 is 9.47 Å². The van der Waals surface area contributed by atoms with E-state index in [1.807, 2.05) is 13.0 Å². The minimum atomic E-state index is -0.760. The maximum Gasteiger partial charge on any atom is 0.303 e. The van der Waals surface area contributed by atoms with Crippen molar-refractivity contribution >= 4 is 21.9 Å². The molecular formula is C13H15BrO4. The summed E-state index contributed by atoms with van der Waals surface area (Å²) in [5, 5.41) is 8.65. The van der Waals surface area contributed by atoms with Gasteiger partial charge in [-0.05, 0) is 52.9 Å². The number of aliphatic carboxylic acids is 1. The van der Waals surface area contributed by atoms with Crippen LogP contribution in [0.4, 0.5) is 0 Å². The number of fused-ring (bicyclic) bond motifs is 1. The predicted molar refractivity (Wildman–Crippen MR) is 70.4 cm³/mol. The van der Waals surface area contributed by atoms with Crippen LogP contribution in [0.15, 0.2) is 10.5 Å². The van der Waals surface area contributed by atoms with Crippen molar-refractivity contribution in [1.82, 2.24) is 0 Å². The van der Waals surface area contributed by atoms with Gasteiger partial charge in [0.15, 0.2) is 11.5 Å². The topological polar surface area (TPSA) is 55.8 Å². The van der Waals surface area contributed by atoms with E-state index in [1.165, 1.54) is 0 Å². The standard InChI is InChI=1S/C13H15BrO4/c1-8-9(3-2-4-11(15)16)7-10(14)13-12(8)17-5-6-18-13/h7H,2-6H2,1H3,(H,15,16). The van der Waals surface area contributed by atoms with Crippen molar-refractivity contribution in [2.75, 3.05) is 13.2 Å². The van der Waals surface area contributed by atoms with Gasteiger partial charge in [-0.25, -0.2) is 0 Å². The highest BCUT2D eigenvalue weighted by molar-refractivity contribution is 9.10. The van der Waals surface area contributed by atoms with Crippen molar-refractivity contribution in [2.45, 2.75) is 26.2 Å². The van der Waals surface area contributed by atoms with Gasteiger partial charge in [0.25, 0.3) is 0 Å². The summed E-state index contributed by atoms with van der Waals surface area (Å²) in [7, 11) is 0. The SMILES string of the molecule is Cc1c(CCCC(=O)O)cc(Br)c2c1OCCO2. The van der Waals surface area contributed by atoms with Crippen LogP contribution in [0.3, 0.4) is 0 Å². The molecule has 4 nitrogen and oxygen atoms in total. The highest BCUT2D eigenvalue weighted by atomic mass is 79.9. The van der Waals surface area contributed by atoms with E-state index < -0.39 is 5.97 Å². The normalized spacial score (nSPS) is 13.4. The lowest BCUT2D eigenvalue weighted by Gasteiger charge is -2.23. The van der Waals surface area contributed by atoms with Crippen LogP contribution >= 0.6 is 15.9 Å². The molecule has 98 valence electrons. The van der Waals surface area contributed by atoms with Gasteiger partial charge < -0.3 is 14.6 Å². The Balaban J connectivity index is 2.21. The van der Waals surface area contributed by atoms with E-state index >= 15 is 0 Å². The number of carboxylic acid groups (broad SMARTS) is 1. The molecule has 1 aromatic carbocycles. The van der Waals surface area contributed by atoms with Gasteiger partial charge in [0.2, 0.25) is 0 Å². The number of benzene rings is 1. The fourth-order valence-electron chi connectivity index (χ4n) is 2.04. The van der Waals surface area contributed by atoms with Gasteiger partial charge in [0, 0.05) is 6.42 Å². The monoisotopic (exact) mass is 314 g/mol. The van der Waals surface area contributed by atoms with E-state index in [-0.39, 0.29) is 6.42 Å². The number of rotatable bonds is 4. The maximum absolute atomic E-state index is 10.5. The summed E-state index contributed by atoms with van der Waals surface area (Å²) in [6.07, 6.45) is 1.54. The second kappa shape index (κ2) is 5.61. The molecule has 1 aliphatic rings. The molecule has 0 spiro atoms. The molecule has 0 saturated carbocycles. The van der Waals surface area contributed by atoms with Crippen LogP contribution in [-0.4, -0.2) is 24.3 Å². The fourth-order valence-corrected chi connectivity index (χ4v) is 2.61. The number of carbonyl (C=O) groups is 1. The molecule has 1 heterocycles. The van der Waals surface area contributed by atoms with Crippen molar-refractivity contribution in [3.05, 3.63) is 21.7 Å². The van der Waals surface area contributed by atoms with Crippen LogP contribution in [-0.2, 0) is 11.2 Å². The Labute approximate surface area is 114 Å². The highest BCUT2D eigenvalue weighted by Gasteiger charge is 2.20. The van der Waals surface area contributed by atoms with Crippen molar-refractivity contribution in [1.29, 1.82) is 0 Å². The molecule has 0 saturated heterocycles. The first-order valence-electron chi connectivity index (χ1n) is 5.89. The Morgan fingerprint density at radius 1 is 1.39 bits per heavy atom. The molecule has 0 radical (unpaired) electrons. The number of hydrogen-bond acceptors (Lipinski definition) is 3. The molecule has 1 aromatic rings. The molecule has 1 aliphatic heterocycles. The lowest BCUT2D eigenvalue weighted by Crippen LogP contribution is -2.17. The Hall–Kier alpha value is -1.23. The summed E-state index contributed by atoms with van der Waals surface area (Å²) in [4.78, 5) is 10.5. The van der Waals surface area contributed by atoms with Crippen LogP contribution in [0.5, 0.6) is 11.5 Å². The van der Waals surface area contributed by atoms with E-state index in [2.05, 4.69) is 15.9 Å². The molecule has 0 fully saturated rings. The largest absolute Gasteiger partial charge is 0.486 e. The first-order valence-corrected chi connectivity index (χ1v) is 6.68. The molecule has 1 N–H and O–H groups in total. The molecule has 0 bridgehead atoms. The van der Waals surface area contributed by atoms with E-state index in [0.29, 0.717) is 19.6 Å². The maximum atomic E-state index is 10.5. The third kappa shape index (κ3) is 2.77. The quantitative estimate of drug-likeness (QED) is 0.928. The number of aryl methyl sites for hydroxylation is 1. The zero-order valence-corrected chi connectivity index (χ0v) is 11.7. The van der Waals surface area contributed by atoms with Crippen LogP contribution in [0, 0.1) is 6.92 Å². The minimum Gasteiger partial charge on any atom is -0.486 e. The molecule has 5 heteroatoms. The third-order valence-electron chi connectivity index (χ3n) is 2.96. The molecule has 2 rings (SSSR count). The summed E-state index contributed by atoms with van der Waals surface area (Å²) >= 11 is 3.47.